The Hall–Kier alpha value is -1.16. The molecule has 3 nitrogen and oxygen atoms in total. The van der Waals surface area contributed by atoms with Gasteiger partial charge in [-0.25, -0.2) is 4.79 Å². The van der Waals surface area contributed by atoms with Crippen LogP contribution in [0.3, 0.4) is 0 Å². The molecule has 0 radical (unpaired) electrons. The maximum absolute atomic E-state index is 12.4. The minimum Gasteiger partial charge on any atom is -0.307 e. The van der Waals surface area contributed by atoms with Crippen molar-refractivity contribution in [3.63, 3.8) is 0 Å². The molecule has 3 aliphatic carbocycles. The number of carbonyl (C=O) groups excluding carboxylic acids is 1. The molecule has 0 bridgehead atoms. The van der Waals surface area contributed by atoms with Gasteiger partial charge in [0.1, 0.15) is 0 Å². The molecular formula is C19H26N2OS. The molecular weight excluding hydrogens is 304 g/mol. The van der Waals surface area contributed by atoms with Gasteiger partial charge in [0.2, 0.25) is 0 Å². The summed E-state index contributed by atoms with van der Waals surface area (Å²) >= 11 is 1.63. The van der Waals surface area contributed by atoms with Gasteiger partial charge in [0.15, 0.2) is 0 Å². The molecule has 4 heteroatoms. The van der Waals surface area contributed by atoms with Crippen LogP contribution in [0.2, 0.25) is 0 Å². The van der Waals surface area contributed by atoms with Crippen LogP contribution in [0, 0.1) is 0 Å². The summed E-state index contributed by atoms with van der Waals surface area (Å²) in [6.45, 7) is 0. The molecule has 4 rings (SSSR count). The van der Waals surface area contributed by atoms with Gasteiger partial charge in [-0.2, -0.15) is 0 Å². The fourth-order valence-corrected chi connectivity index (χ4v) is 5.32. The highest BCUT2D eigenvalue weighted by atomic mass is 32.2. The highest BCUT2D eigenvalue weighted by Gasteiger charge is 2.25. The van der Waals surface area contributed by atoms with Crippen molar-refractivity contribution in [1.82, 2.24) is 4.72 Å². The summed E-state index contributed by atoms with van der Waals surface area (Å²) in [5.41, 5.74) is 6.91. The zero-order chi connectivity index (χ0) is 15.6. The summed E-state index contributed by atoms with van der Waals surface area (Å²) in [4.78, 5) is 12.4. The Kier molecular flexibility index (Phi) is 4.52. The number of carbonyl (C=O) groups is 1. The van der Waals surface area contributed by atoms with Crippen LogP contribution >= 0.6 is 11.9 Å². The second-order valence-electron chi connectivity index (χ2n) is 7.17. The predicted octanol–water partition coefficient (Wildman–Crippen LogP) is 4.77. The third-order valence-corrected chi connectivity index (χ3v) is 6.69. The summed E-state index contributed by atoms with van der Waals surface area (Å²) in [5.74, 6) is 0. The van der Waals surface area contributed by atoms with Gasteiger partial charge in [-0.15, -0.1) is 0 Å². The van der Waals surface area contributed by atoms with E-state index in [9.17, 15) is 4.79 Å². The van der Waals surface area contributed by atoms with E-state index < -0.39 is 0 Å². The lowest BCUT2D eigenvalue weighted by atomic mass is 9.99. The van der Waals surface area contributed by atoms with Crippen molar-refractivity contribution in [2.24, 2.45) is 0 Å². The maximum atomic E-state index is 12.4. The second-order valence-corrected chi connectivity index (χ2v) is 8.27. The lowest BCUT2D eigenvalue weighted by Gasteiger charge is -2.21. The Morgan fingerprint density at radius 3 is 2.22 bits per heavy atom. The van der Waals surface area contributed by atoms with E-state index in [1.807, 2.05) is 0 Å². The molecule has 0 spiro atoms. The van der Waals surface area contributed by atoms with Crippen LogP contribution in [0.25, 0.3) is 0 Å². The molecule has 0 aromatic heterocycles. The molecule has 0 aliphatic heterocycles. The molecule has 1 fully saturated rings. The van der Waals surface area contributed by atoms with Crippen molar-refractivity contribution in [1.29, 1.82) is 0 Å². The van der Waals surface area contributed by atoms with Crippen LogP contribution in [0.5, 0.6) is 0 Å². The van der Waals surface area contributed by atoms with Crippen molar-refractivity contribution in [2.75, 3.05) is 5.32 Å². The van der Waals surface area contributed by atoms with Gasteiger partial charge in [-0.1, -0.05) is 25.3 Å². The lowest BCUT2D eigenvalue weighted by Crippen LogP contribution is -2.27. The van der Waals surface area contributed by atoms with Crippen LogP contribution < -0.4 is 10.0 Å². The molecule has 0 heterocycles. The molecule has 23 heavy (non-hydrogen) atoms. The zero-order valence-corrected chi connectivity index (χ0v) is 14.6. The van der Waals surface area contributed by atoms with Crippen LogP contribution in [0.1, 0.15) is 67.2 Å². The predicted molar refractivity (Wildman–Crippen MR) is 97.1 cm³/mol. The number of amides is 2. The molecule has 0 atom stereocenters. The highest BCUT2D eigenvalue weighted by molar-refractivity contribution is 7.98. The van der Waals surface area contributed by atoms with Gasteiger partial charge in [0.05, 0.1) is 0 Å². The first kappa shape index (κ1) is 15.4. The number of hydrogen-bond acceptors (Lipinski definition) is 2. The smallest absolute Gasteiger partial charge is 0.307 e. The summed E-state index contributed by atoms with van der Waals surface area (Å²) in [7, 11) is 0. The standard InChI is InChI=1S/C19H26N2OS/c22-19(21-23-15-8-2-1-3-9-15)20-18-16-10-4-6-13(16)12-14-7-5-11-17(14)18/h12,15H,1-11H2,(H2,20,21,22). The van der Waals surface area contributed by atoms with Gasteiger partial charge in [-0.05, 0) is 85.6 Å². The Bertz CT molecular complexity index is 576. The number of nitrogens with one attached hydrogen (secondary N) is 2. The molecule has 1 aromatic carbocycles. The number of hydrogen-bond donors (Lipinski definition) is 2. The van der Waals surface area contributed by atoms with Crippen molar-refractivity contribution in [3.8, 4) is 0 Å². The van der Waals surface area contributed by atoms with E-state index >= 15 is 0 Å². The van der Waals surface area contributed by atoms with E-state index in [0.29, 0.717) is 5.25 Å². The number of rotatable bonds is 3. The van der Waals surface area contributed by atoms with E-state index in [1.54, 1.807) is 11.9 Å². The summed E-state index contributed by atoms with van der Waals surface area (Å²) in [6, 6.07) is 2.37. The fraction of sp³-hybridized carbons (Fsp3) is 0.632. The van der Waals surface area contributed by atoms with E-state index in [2.05, 4.69) is 16.1 Å². The molecule has 1 aromatic rings. The molecule has 0 unspecified atom stereocenters. The normalized spacial score (nSPS) is 20.2. The number of anilines is 1. The van der Waals surface area contributed by atoms with Gasteiger partial charge in [0.25, 0.3) is 0 Å². The fourth-order valence-electron chi connectivity index (χ4n) is 4.43. The topological polar surface area (TPSA) is 41.1 Å². The SMILES string of the molecule is O=C(NSC1CCCCC1)Nc1c2c(cc3c1CCC3)CCC2. The van der Waals surface area contributed by atoms with Gasteiger partial charge in [-0.3, -0.25) is 4.72 Å². The summed E-state index contributed by atoms with van der Waals surface area (Å²) in [6.07, 6.45) is 13.5. The zero-order valence-electron chi connectivity index (χ0n) is 13.7. The molecule has 3 aliphatic rings. The van der Waals surface area contributed by atoms with Gasteiger partial charge < -0.3 is 5.32 Å². The molecule has 2 N–H and O–H groups in total. The van der Waals surface area contributed by atoms with E-state index in [-0.39, 0.29) is 6.03 Å². The molecule has 0 saturated heterocycles. The van der Waals surface area contributed by atoms with Crippen LogP contribution in [0.4, 0.5) is 10.5 Å². The maximum Gasteiger partial charge on any atom is 0.329 e. The summed E-state index contributed by atoms with van der Waals surface area (Å²) < 4.78 is 3.05. The first-order chi connectivity index (χ1) is 11.3. The van der Waals surface area contributed by atoms with Crippen LogP contribution in [0.15, 0.2) is 6.07 Å². The first-order valence-electron chi connectivity index (χ1n) is 9.20. The van der Waals surface area contributed by atoms with Crippen molar-refractivity contribution in [2.45, 2.75) is 75.9 Å². The van der Waals surface area contributed by atoms with E-state index in [0.717, 1.165) is 18.5 Å². The summed E-state index contributed by atoms with van der Waals surface area (Å²) in [5, 5.41) is 3.81. The Morgan fingerprint density at radius 1 is 0.913 bits per heavy atom. The van der Waals surface area contributed by atoms with E-state index in [4.69, 9.17) is 0 Å². The minimum atomic E-state index is -0.0324. The van der Waals surface area contributed by atoms with Crippen molar-refractivity contribution < 1.29 is 4.79 Å². The van der Waals surface area contributed by atoms with Gasteiger partial charge in [0, 0.05) is 10.9 Å². The van der Waals surface area contributed by atoms with Crippen LogP contribution in [-0.2, 0) is 25.7 Å². The van der Waals surface area contributed by atoms with Gasteiger partial charge >= 0.3 is 6.03 Å². The first-order valence-corrected chi connectivity index (χ1v) is 10.1. The third kappa shape index (κ3) is 3.23. The molecule has 1 saturated carbocycles. The monoisotopic (exact) mass is 330 g/mol. The Labute approximate surface area is 143 Å². The van der Waals surface area contributed by atoms with Crippen molar-refractivity contribution in [3.05, 3.63) is 28.3 Å². The Balaban J connectivity index is 1.45. The molecule has 124 valence electrons. The number of aryl methyl sites for hydroxylation is 2. The minimum absolute atomic E-state index is 0.0324. The third-order valence-electron chi connectivity index (χ3n) is 5.58. The highest BCUT2D eigenvalue weighted by Crippen LogP contribution is 2.38. The second kappa shape index (κ2) is 6.76. The average molecular weight is 330 g/mol. The average Bonchev–Trinajstić information content (AvgIpc) is 3.22. The Morgan fingerprint density at radius 2 is 1.57 bits per heavy atom. The number of benzene rings is 1. The number of urea groups is 1. The quantitative estimate of drug-likeness (QED) is 0.784. The van der Waals surface area contributed by atoms with Crippen LogP contribution in [-0.4, -0.2) is 11.3 Å². The van der Waals surface area contributed by atoms with E-state index in [1.165, 1.54) is 80.0 Å². The lowest BCUT2D eigenvalue weighted by molar-refractivity contribution is 0.257. The van der Waals surface area contributed by atoms with Crippen molar-refractivity contribution >= 4 is 23.7 Å². The number of fused-ring (bicyclic) bond motifs is 2. The molecule has 2 amide bonds. The largest absolute Gasteiger partial charge is 0.329 e.